The minimum absolute atomic E-state index is 0.0857. The Hall–Kier alpha value is -5.13. The van der Waals surface area contributed by atoms with Gasteiger partial charge in [-0.3, -0.25) is 29.8 Å². The predicted molar refractivity (Wildman–Crippen MR) is 171 cm³/mol. The molecule has 12 heteroatoms. The largest absolute Gasteiger partial charge is 0.462 e. The number of nitro groups is 2. The second kappa shape index (κ2) is 17.9. The van der Waals surface area contributed by atoms with Crippen molar-refractivity contribution in [3.63, 3.8) is 0 Å². The molecular formula is C33H38N4O8. The van der Waals surface area contributed by atoms with Gasteiger partial charge >= 0.3 is 5.97 Å². The maximum Gasteiger partial charge on any atom is 0.338 e. The number of amides is 2. The topological polar surface area (TPSA) is 171 Å². The smallest absolute Gasteiger partial charge is 0.338 e. The Balaban J connectivity index is 1.66. The zero-order valence-electron chi connectivity index (χ0n) is 25.3. The van der Waals surface area contributed by atoms with Crippen LogP contribution in [0.4, 0.5) is 22.7 Å². The second-order valence-corrected chi connectivity index (χ2v) is 10.6. The number of anilines is 2. The zero-order valence-corrected chi connectivity index (χ0v) is 25.3. The van der Waals surface area contributed by atoms with Crippen molar-refractivity contribution in [2.45, 2.75) is 71.1 Å². The lowest BCUT2D eigenvalue weighted by molar-refractivity contribution is -0.385. The number of unbranched alkanes of at least 4 members (excludes halogenated alkanes) is 9. The van der Waals surface area contributed by atoms with E-state index in [1.807, 2.05) is 0 Å². The van der Waals surface area contributed by atoms with Crippen LogP contribution in [0.1, 0.15) is 102 Å². The Morgan fingerprint density at radius 3 is 1.40 bits per heavy atom. The van der Waals surface area contributed by atoms with Crippen molar-refractivity contribution in [1.82, 2.24) is 0 Å². The first-order valence-corrected chi connectivity index (χ1v) is 15.1. The maximum absolute atomic E-state index is 12.9. The van der Waals surface area contributed by atoms with E-state index >= 15 is 0 Å². The molecule has 3 aromatic rings. The quantitative estimate of drug-likeness (QED) is 0.0623. The standard InChI is InChI=1S/C33H38N4O8/c1-2-3-4-5-6-7-8-9-10-11-20-45-33(40)26-21-27(34-31(38)24-12-16-29(17-13-24)36(41)42)23-28(22-26)35-32(39)25-14-18-30(19-15-25)37(43)44/h12-19,21-23H,2-11,20H2,1H3,(H,34,38)(H,35,39). The lowest BCUT2D eigenvalue weighted by atomic mass is 10.1. The van der Waals surface area contributed by atoms with Gasteiger partial charge in [-0.1, -0.05) is 64.7 Å². The second-order valence-electron chi connectivity index (χ2n) is 10.6. The van der Waals surface area contributed by atoms with Gasteiger partial charge in [0.2, 0.25) is 0 Å². The molecule has 0 unspecified atom stereocenters. The molecule has 2 amide bonds. The summed E-state index contributed by atoms with van der Waals surface area (Å²) in [4.78, 5) is 59.4. The number of carbonyl (C=O) groups is 3. The monoisotopic (exact) mass is 618 g/mol. The summed E-state index contributed by atoms with van der Waals surface area (Å²) in [5.74, 6) is -1.81. The van der Waals surface area contributed by atoms with Gasteiger partial charge in [-0.15, -0.1) is 0 Å². The van der Waals surface area contributed by atoms with Crippen LogP contribution in [-0.2, 0) is 4.74 Å². The third kappa shape index (κ3) is 11.5. The van der Waals surface area contributed by atoms with Crippen LogP contribution in [0.15, 0.2) is 66.7 Å². The number of carbonyl (C=O) groups excluding carboxylic acids is 3. The highest BCUT2D eigenvalue weighted by Crippen LogP contribution is 2.23. The highest BCUT2D eigenvalue weighted by Gasteiger charge is 2.16. The number of hydrogen-bond acceptors (Lipinski definition) is 8. The van der Waals surface area contributed by atoms with E-state index < -0.39 is 27.6 Å². The average Bonchev–Trinajstić information content (AvgIpc) is 3.03. The molecule has 3 rings (SSSR count). The number of hydrogen-bond donors (Lipinski definition) is 2. The summed E-state index contributed by atoms with van der Waals surface area (Å²) in [6.45, 7) is 2.42. The van der Waals surface area contributed by atoms with E-state index in [1.54, 1.807) is 0 Å². The Labute approximate surface area is 261 Å². The first-order valence-electron chi connectivity index (χ1n) is 15.1. The SMILES string of the molecule is CCCCCCCCCCCCOC(=O)c1cc(NC(=O)c2ccc([N+](=O)[O-])cc2)cc(NC(=O)c2ccc([N+](=O)[O-])cc2)c1. The fourth-order valence-electron chi connectivity index (χ4n) is 4.60. The minimum Gasteiger partial charge on any atom is -0.462 e. The van der Waals surface area contributed by atoms with Gasteiger partial charge in [0.15, 0.2) is 0 Å². The van der Waals surface area contributed by atoms with Gasteiger partial charge in [0.05, 0.1) is 22.0 Å². The highest BCUT2D eigenvalue weighted by atomic mass is 16.6. The molecule has 0 bridgehead atoms. The van der Waals surface area contributed by atoms with E-state index in [0.29, 0.717) is 6.42 Å². The van der Waals surface area contributed by atoms with E-state index in [4.69, 9.17) is 4.74 Å². The van der Waals surface area contributed by atoms with Gasteiger partial charge in [0.1, 0.15) is 0 Å². The summed E-state index contributed by atoms with van der Waals surface area (Å²) in [7, 11) is 0. The third-order valence-corrected chi connectivity index (χ3v) is 7.10. The van der Waals surface area contributed by atoms with Crippen molar-refractivity contribution in [3.05, 3.63) is 104 Å². The van der Waals surface area contributed by atoms with Gasteiger partial charge < -0.3 is 15.4 Å². The highest BCUT2D eigenvalue weighted by molar-refractivity contribution is 6.07. The van der Waals surface area contributed by atoms with Crippen molar-refractivity contribution in [1.29, 1.82) is 0 Å². The molecular weight excluding hydrogens is 580 g/mol. The van der Waals surface area contributed by atoms with Gasteiger partial charge in [0.25, 0.3) is 23.2 Å². The number of benzene rings is 3. The van der Waals surface area contributed by atoms with E-state index in [9.17, 15) is 34.6 Å². The van der Waals surface area contributed by atoms with Crippen molar-refractivity contribution in [3.8, 4) is 0 Å². The van der Waals surface area contributed by atoms with Gasteiger partial charge in [-0.25, -0.2) is 4.79 Å². The third-order valence-electron chi connectivity index (χ3n) is 7.10. The molecule has 0 saturated carbocycles. The van der Waals surface area contributed by atoms with Crippen LogP contribution in [0.3, 0.4) is 0 Å². The molecule has 0 aromatic heterocycles. The molecule has 0 fully saturated rings. The van der Waals surface area contributed by atoms with Crippen molar-refractivity contribution in [2.24, 2.45) is 0 Å². The predicted octanol–water partition coefficient (Wildman–Crippen LogP) is 8.09. The molecule has 0 aliphatic carbocycles. The fourth-order valence-corrected chi connectivity index (χ4v) is 4.60. The lowest BCUT2D eigenvalue weighted by Gasteiger charge is -2.12. The Morgan fingerprint density at radius 2 is 1.00 bits per heavy atom. The first-order chi connectivity index (χ1) is 21.7. The summed E-state index contributed by atoms with van der Waals surface area (Å²) < 4.78 is 5.47. The lowest BCUT2D eigenvalue weighted by Crippen LogP contribution is -2.16. The van der Waals surface area contributed by atoms with Crippen LogP contribution < -0.4 is 10.6 Å². The normalized spacial score (nSPS) is 10.6. The summed E-state index contributed by atoms with van der Waals surface area (Å²) in [6, 6.07) is 14.3. The van der Waals surface area contributed by atoms with Crippen molar-refractivity contribution >= 4 is 40.5 Å². The van der Waals surface area contributed by atoms with E-state index in [1.165, 1.54) is 105 Å². The summed E-state index contributed by atoms with van der Waals surface area (Å²) in [5, 5.41) is 27.2. The zero-order chi connectivity index (χ0) is 32.6. The van der Waals surface area contributed by atoms with Gasteiger partial charge in [0, 0.05) is 46.8 Å². The van der Waals surface area contributed by atoms with Crippen molar-refractivity contribution < 1.29 is 29.0 Å². The van der Waals surface area contributed by atoms with E-state index in [0.717, 1.165) is 19.3 Å². The number of esters is 1. The molecule has 0 aliphatic heterocycles. The molecule has 45 heavy (non-hydrogen) atoms. The van der Waals surface area contributed by atoms with Crippen LogP contribution >= 0.6 is 0 Å². The number of nitrogens with one attached hydrogen (secondary N) is 2. The molecule has 238 valence electrons. The van der Waals surface area contributed by atoms with Crippen LogP contribution in [0.25, 0.3) is 0 Å². The van der Waals surface area contributed by atoms with E-state index in [-0.39, 0.29) is 46.0 Å². The Kier molecular flexibility index (Phi) is 13.6. The first kappa shape index (κ1) is 34.4. The Morgan fingerprint density at radius 1 is 0.600 bits per heavy atom. The number of non-ortho nitro benzene ring substituents is 2. The fraction of sp³-hybridized carbons (Fsp3) is 0.364. The molecule has 3 aromatic carbocycles. The summed E-state index contributed by atoms with van der Waals surface area (Å²) >= 11 is 0. The van der Waals surface area contributed by atoms with Crippen LogP contribution in [0.2, 0.25) is 0 Å². The number of nitro benzene ring substituents is 2. The molecule has 12 nitrogen and oxygen atoms in total. The van der Waals surface area contributed by atoms with Crippen molar-refractivity contribution in [2.75, 3.05) is 17.2 Å². The maximum atomic E-state index is 12.9. The van der Waals surface area contributed by atoms with Crippen LogP contribution in [0, 0.1) is 20.2 Å². The molecule has 0 spiro atoms. The molecule has 0 radical (unpaired) electrons. The molecule has 0 saturated heterocycles. The van der Waals surface area contributed by atoms with E-state index in [2.05, 4.69) is 17.6 Å². The Bertz CT molecular complexity index is 1380. The summed E-state index contributed by atoms with van der Waals surface area (Å²) in [6.07, 6.45) is 11.4. The van der Waals surface area contributed by atoms with Gasteiger partial charge in [-0.05, 0) is 48.9 Å². The van der Waals surface area contributed by atoms with Crippen LogP contribution in [-0.4, -0.2) is 34.2 Å². The molecule has 0 aliphatic rings. The molecule has 0 heterocycles. The minimum atomic E-state index is -0.636. The molecule has 2 N–H and O–H groups in total. The van der Waals surface area contributed by atoms with Gasteiger partial charge in [-0.2, -0.15) is 0 Å². The molecule has 0 atom stereocenters. The number of nitrogens with zero attached hydrogens (tertiary/aromatic N) is 2. The number of rotatable bonds is 18. The average molecular weight is 619 g/mol. The number of ether oxygens (including phenoxy) is 1. The summed E-state index contributed by atoms with van der Waals surface area (Å²) in [5.41, 5.74) is 0.376. The van der Waals surface area contributed by atoms with Crippen LogP contribution in [0.5, 0.6) is 0 Å².